The van der Waals surface area contributed by atoms with Crippen LogP contribution >= 0.6 is 35.7 Å². The summed E-state index contributed by atoms with van der Waals surface area (Å²) in [5, 5.41) is 10.3. The molecule has 0 aliphatic carbocycles. The molecule has 1 aliphatic heterocycles. The van der Waals surface area contributed by atoms with E-state index in [0.717, 1.165) is 0 Å². The van der Waals surface area contributed by atoms with Crippen LogP contribution in [0.2, 0.25) is 0 Å². The van der Waals surface area contributed by atoms with Crippen LogP contribution in [-0.2, 0) is 31.6 Å². The minimum Gasteiger partial charge on any atom is -0.390 e. The highest BCUT2D eigenvalue weighted by Crippen LogP contribution is 2.66. The molecule has 2 rings (SSSR count). The van der Waals surface area contributed by atoms with E-state index >= 15 is 0 Å². The number of nitrogens with zero attached hydrogens (tertiary/aromatic N) is 2. The van der Waals surface area contributed by atoms with Crippen molar-refractivity contribution in [3.63, 3.8) is 0 Å². The van der Waals surface area contributed by atoms with E-state index < -0.39 is 54.4 Å². The Balaban J connectivity index is 2.05. The number of nitrogens with two attached hydrogens (primary N) is 1. The Morgan fingerprint density at radius 1 is 1.24 bits per heavy atom. The van der Waals surface area contributed by atoms with Gasteiger partial charge in [0.05, 0.1) is 12.7 Å². The second kappa shape index (κ2) is 8.89. The zero-order valence-corrected chi connectivity index (χ0v) is 18.0. The average Bonchev–Trinajstić information content (AvgIpc) is 2.78. The van der Waals surface area contributed by atoms with Gasteiger partial charge in [-0.2, -0.15) is 8.62 Å². The van der Waals surface area contributed by atoms with Crippen molar-refractivity contribution in [1.29, 1.82) is 0 Å². The molecule has 7 N–H and O–H groups in total. The number of nitrogen functional groups attached to an aromatic ring is 1. The van der Waals surface area contributed by atoms with E-state index in [-0.39, 0.29) is 10.6 Å². The van der Waals surface area contributed by atoms with E-state index in [1.54, 1.807) is 6.92 Å². The maximum atomic E-state index is 11.8. The number of ether oxygens (including phenoxy) is 1. The van der Waals surface area contributed by atoms with Gasteiger partial charge in [0.25, 0.3) is 0 Å². The molecule has 166 valence electrons. The van der Waals surface area contributed by atoms with E-state index in [4.69, 9.17) is 37.4 Å². The minimum atomic E-state index is -5.64. The largest absolute Gasteiger partial charge is 0.490 e. The van der Waals surface area contributed by atoms with Gasteiger partial charge in [-0.15, -0.1) is 0 Å². The Bertz CT molecular complexity index is 951. The molecule has 1 saturated heterocycles. The first-order chi connectivity index (χ1) is 13.1. The van der Waals surface area contributed by atoms with E-state index in [9.17, 15) is 23.7 Å². The summed E-state index contributed by atoms with van der Waals surface area (Å²) in [6.07, 6.45) is -1.77. The van der Waals surface area contributed by atoms with Gasteiger partial charge in [-0.1, -0.05) is 6.92 Å². The summed E-state index contributed by atoms with van der Waals surface area (Å²) in [5.74, 6) is -0.414. The van der Waals surface area contributed by atoms with Gasteiger partial charge >= 0.3 is 23.5 Å². The van der Waals surface area contributed by atoms with E-state index in [2.05, 4.69) is 18.1 Å². The van der Waals surface area contributed by atoms with Gasteiger partial charge in [0.1, 0.15) is 18.1 Å². The number of anilines is 1. The molecule has 0 radical (unpaired) electrons. The second-order valence-electron chi connectivity index (χ2n) is 5.84. The summed E-state index contributed by atoms with van der Waals surface area (Å²) in [6, 6.07) is 1.44. The lowest BCUT2D eigenvalue weighted by atomic mass is 10.0. The van der Waals surface area contributed by atoms with Crippen LogP contribution in [0.5, 0.6) is 0 Å². The van der Waals surface area contributed by atoms with Crippen LogP contribution in [0.3, 0.4) is 0 Å². The van der Waals surface area contributed by atoms with Crippen LogP contribution in [0.15, 0.2) is 12.3 Å². The Labute approximate surface area is 168 Å². The first-order valence-electron chi connectivity index (χ1n) is 7.57. The van der Waals surface area contributed by atoms with E-state index in [1.807, 2.05) is 0 Å². The third kappa shape index (κ3) is 6.97. The van der Waals surface area contributed by atoms with E-state index in [1.165, 1.54) is 16.8 Å². The molecule has 1 aromatic rings. The van der Waals surface area contributed by atoms with Crippen molar-refractivity contribution in [2.75, 3.05) is 12.3 Å². The van der Waals surface area contributed by atoms with Crippen LogP contribution in [0, 0.1) is 10.7 Å². The van der Waals surface area contributed by atoms with Crippen molar-refractivity contribution < 1.29 is 56.3 Å². The van der Waals surface area contributed by atoms with Gasteiger partial charge in [0, 0.05) is 12.1 Å². The number of phosphoric acid groups is 3. The molecule has 0 aromatic carbocycles. The van der Waals surface area contributed by atoms with E-state index in [0.29, 0.717) is 0 Å². The zero-order chi connectivity index (χ0) is 22.2. The number of rotatable bonds is 8. The summed E-state index contributed by atoms with van der Waals surface area (Å²) in [4.78, 5) is 39.4. The first kappa shape index (κ1) is 24.7. The number of aromatic nitrogens is 2. The highest BCUT2D eigenvalue weighted by molar-refractivity contribution is 7.71. The zero-order valence-electron chi connectivity index (χ0n) is 14.5. The number of phosphoric ester groups is 1. The quantitative estimate of drug-likeness (QED) is 0.211. The lowest BCUT2D eigenvalue weighted by molar-refractivity contribution is -0.0460. The molecule has 1 aromatic heterocycles. The molecule has 1 aliphatic rings. The molecule has 15 nitrogen and oxygen atoms in total. The third-order valence-electron chi connectivity index (χ3n) is 3.63. The van der Waals surface area contributed by atoms with Crippen LogP contribution in [0.1, 0.15) is 13.2 Å². The molecule has 19 heteroatoms. The molecule has 0 spiro atoms. The Morgan fingerprint density at radius 3 is 2.41 bits per heavy atom. The van der Waals surface area contributed by atoms with Gasteiger partial charge in [0.15, 0.2) is 0 Å². The fraction of sp³-hybridized carbons (Fsp3) is 0.600. The summed E-state index contributed by atoms with van der Waals surface area (Å²) >= 11 is 5.07. The van der Waals surface area contributed by atoms with Crippen LogP contribution in [-0.4, -0.2) is 53.0 Å². The Morgan fingerprint density at radius 2 is 1.86 bits per heavy atom. The van der Waals surface area contributed by atoms with Crippen molar-refractivity contribution in [3.8, 4) is 0 Å². The highest BCUT2D eigenvalue weighted by Gasteiger charge is 2.45. The number of hydrogen-bond acceptors (Lipinski definition) is 11. The molecule has 4 unspecified atom stereocenters. The van der Waals surface area contributed by atoms with Gasteiger partial charge in [-0.05, 0) is 18.3 Å². The first-order valence-corrected chi connectivity index (χ1v) is 12.5. The number of aliphatic hydroxyl groups is 1. The average molecular weight is 497 g/mol. The van der Waals surface area contributed by atoms with Crippen molar-refractivity contribution in [1.82, 2.24) is 9.55 Å². The maximum absolute atomic E-state index is 11.8. The molecular formula is C10H18N3O12P3S. The summed E-state index contributed by atoms with van der Waals surface area (Å²) in [7, 11) is -16.5. The minimum absolute atomic E-state index is 0.0580. The summed E-state index contributed by atoms with van der Waals surface area (Å²) in [5.41, 5.74) is 5.52. The van der Waals surface area contributed by atoms with Gasteiger partial charge in [-0.25, -0.2) is 18.7 Å². The maximum Gasteiger partial charge on any atom is 0.490 e. The Kier molecular flexibility index (Phi) is 7.57. The summed E-state index contributed by atoms with van der Waals surface area (Å²) < 4.78 is 52.4. The fourth-order valence-corrected chi connectivity index (χ4v) is 5.74. The lowest BCUT2D eigenvalue weighted by Crippen LogP contribution is -2.29. The third-order valence-corrected chi connectivity index (χ3v) is 7.73. The molecule has 29 heavy (non-hydrogen) atoms. The molecule has 0 bridgehead atoms. The fourth-order valence-electron chi connectivity index (χ4n) is 2.44. The van der Waals surface area contributed by atoms with Crippen LogP contribution < -0.4 is 5.73 Å². The monoisotopic (exact) mass is 497 g/mol. The van der Waals surface area contributed by atoms with Crippen LogP contribution in [0.25, 0.3) is 0 Å². The highest BCUT2D eigenvalue weighted by atomic mass is 32.1. The smallest absolute Gasteiger partial charge is 0.390 e. The van der Waals surface area contributed by atoms with Gasteiger partial charge in [0.2, 0.25) is 4.77 Å². The van der Waals surface area contributed by atoms with Gasteiger partial charge in [-0.3, -0.25) is 9.09 Å². The summed E-state index contributed by atoms with van der Waals surface area (Å²) in [6.45, 7) is 0.805. The van der Waals surface area contributed by atoms with Crippen molar-refractivity contribution in [2.45, 2.75) is 25.4 Å². The lowest BCUT2D eigenvalue weighted by Gasteiger charge is -2.19. The molecule has 2 heterocycles. The Hall–Kier alpha value is -0.570. The number of hydrogen-bond donors (Lipinski definition) is 6. The predicted octanol–water partition coefficient (Wildman–Crippen LogP) is 0.432. The van der Waals surface area contributed by atoms with Crippen molar-refractivity contribution in [3.05, 3.63) is 17.0 Å². The predicted molar refractivity (Wildman–Crippen MR) is 96.4 cm³/mol. The van der Waals surface area contributed by atoms with Gasteiger partial charge < -0.3 is 35.2 Å². The normalized spacial score (nSPS) is 29.3. The molecule has 6 atom stereocenters. The number of aliphatic hydroxyl groups excluding tert-OH is 1. The van der Waals surface area contributed by atoms with Crippen molar-refractivity contribution in [2.24, 2.45) is 5.92 Å². The molecule has 0 amide bonds. The standard InChI is InChI=1S/C10H18N3O12P3S/c1-5-8(14)6(23-9(5)13-3-2-7(11)12-10(13)29)4-22-27(18,19)25-28(20,21)24-26(15,16)17/h2-3,5-6,8-9,14H,4H2,1H3,(H,18,19)(H,20,21)(H2,11,12,29)(H2,15,16,17)/t5?,6-,8-,9?/m1/s1. The topological polar surface area (TPSA) is 233 Å². The van der Waals surface area contributed by atoms with Crippen LogP contribution in [0.4, 0.5) is 5.82 Å². The molecule has 0 saturated carbocycles. The SMILES string of the molecule is CC1C(n2ccc(N)nc2=S)O[C@H](COP(=O)(O)OP(=O)(O)OP(=O)(O)O)[C@@H]1O. The van der Waals surface area contributed by atoms with Crippen molar-refractivity contribution >= 4 is 41.5 Å². The second-order valence-corrected chi connectivity index (χ2v) is 10.6. The molecular weight excluding hydrogens is 479 g/mol. The molecule has 1 fully saturated rings.